The molecule has 5 rings (SSSR count). The minimum atomic E-state index is -0.0843. The maximum Gasteiger partial charge on any atom is 0.133 e. The first-order valence-electron chi connectivity index (χ1n) is 9.24. The van der Waals surface area contributed by atoms with Crippen LogP contribution in [-0.4, -0.2) is 34.9 Å². The Bertz CT molecular complexity index is 666. The predicted octanol–water partition coefficient (Wildman–Crippen LogP) is 3.04. The highest BCUT2D eigenvalue weighted by Gasteiger charge is 2.56. The van der Waals surface area contributed by atoms with E-state index in [1.165, 1.54) is 24.9 Å². The molecule has 0 unspecified atom stereocenters. The van der Waals surface area contributed by atoms with Gasteiger partial charge < -0.3 is 5.11 Å². The molecule has 1 heterocycles. The summed E-state index contributed by atoms with van der Waals surface area (Å²) in [6, 6.07) is 6.55. The molecule has 1 aromatic carbocycles. The fourth-order valence-electron chi connectivity index (χ4n) is 5.85. The summed E-state index contributed by atoms with van der Waals surface area (Å²) >= 11 is 0. The first-order chi connectivity index (χ1) is 11.2. The highest BCUT2D eigenvalue weighted by Crippen LogP contribution is 2.57. The van der Waals surface area contributed by atoms with Gasteiger partial charge in [-0.25, -0.2) is 0 Å². The number of likely N-dealkylation sites (tertiary alicyclic amines) is 1. The van der Waals surface area contributed by atoms with E-state index in [2.05, 4.69) is 11.0 Å². The third-order valence-corrected chi connectivity index (χ3v) is 6.98. The van der Waals surface area contributed by atoms with Crippen molar-refractivity contribution in [3.8, 4) is 5.75 Å². The van der Waals surface area contributed by atoms with Gasteiger partial charge in [0.1, 0.15) is 11.5 Å². The van der Waals surface area contributed by atoms with Gasteiger partial charge in [-0.2, -0.15) is 0 Å². The Labute approximate surface area is 137 Å². The van der Waals surface area contributed by atoms with Crippen molar-refractivity contribution in [2.75, 3.05) is 13.1 Å². The van der Waals surface area contributed by atoms with E-state index >= 15 is 0 Å². The molecule has 3 heteroatoms. The molecule has 3 nitrogen and oxygen atoms in total. The second-order valence-electron chi connectivity index (χ2n) is 8.29. The highest BCUT2D eigenvalue weighted by molar-refractivity contribution is 5.82. The molecule has 1 saturated heterocycles. The molecule has 0 aromatic heterocycles. The summed E-state index contributed by atoms with van der Waals surface area (Å²) in [7, 11) is 0. The van der Waals surface area contributed by atoms with Gasteiger partial charge in [-0.05, 0) is 62.1 Å². The number of phenolic OH excluding ortho intramolecular Hbond substituents is 1. The van der Waals surface area contributed by atoms with Crippen molar-refractivity contribution in [1.29, 1.82) is 0 Å². The highest BCUT2D eigenvalue weighted by atomic mass is 16.3. The molecule has 3 aliphatic carbocycles. The van der Waals surface area contributed by atoms with E-state index in [-0.39, 0.29) is 5.41 Å². The maximum atomic E-state index is 12.3. The number of aromatic hydroxyl groups is 1. The van der Waals surface area contributed by atoms with Crippen LogP contribution in [0, 0.1) is 11.8 Å². The SMILES string of the molecule is O=C1CC[C@@H]2[C@@H]3Cc4cccc(O)c4[C@@]2(CCN3CC2CC2)C1. The second-order valence-corrected chi connectivity index (χ2v) is 8.29. The number of nitrogens with zero attached hydrogens (tertiary/aromatic N) is 1. The lowest BCUT2D eigenvalue weighted by atomic mass is 9.52. The van der Waals surface area contributed by atoms with E-state index < -0.39 is 0 Å². The van der Waals surface area contributed by atoms with Crippen molar-refractivity contribution in [3.05, 3.63) is 29.3 Å². The number of piperidine rings is 1. The van der Waals surface area contributed by atoms with E-state index in [0.717, 1.165) is 43.7 Å². The molecule has 3 fully saturated rings. The fourth-order valence-corrected chi connectivity index (χ4v) is 5.85. The third-order valence-electron chi connectivity index (χ3n) is 6.98. The Morgan fingerprint density at radius 1 is 1.26 bits per heavy atom. The Hall–Kier alpha value is -1.35. The zero-order chi connectivity index (χ0) is 15.6. The van der Waals surface area contributed by atoms with Crippen molar-refractivity contribution in [2.45, 2.75) is 56.4 Å². The monoisotopic (exact) mass is 311 g/mol. The van der Waals surface area contributed by atoms with Crippen LogP contribution in [0.1, 0.15) is 49.7 Å². The molecule has 1 aliphatic heterocycles. The average Bonchev–Trinajstić information content (AvgIpc) is 3.33. The lowest BCUT2D eigenvalue weighted by Gasteiger charge is -2.58. The van der Waals surface area contributed by atoms with Crippen molar-refractivity contribution < 1.29 is 9.90 Å². The normalized spacial score (nSPS) is 36.4. The molecule has 1 aromatic rings. The number of rotatable bonds is 2. The van der Waals surface area contributed by atoms with Crippen molar-refractivity contribution in [1.82, 2.24) is 4.90 Å². The smallest absolute Gasteiger partial charge is 0.133 e. The van der Waals surface area contributed by atoms with Crippen molar-refractivity contribution >= 4 is 5.78 Å². The van der Waals surface area contributed by atoms with Crippen LogP contribution in [0.3, 0.4) is 0 Å². The Morgan fingerprint density at radius 2 is 2.13 bits per heavy atom. The predicted molar refractivity (Wildman–Crippen MR) is 88.5 cm³/mol. The molecule has 1 N–H and O–H groups in total. The van der Waals surface area contributed by atoms with Gasteiger partial charge in [-0.15, -0.1) is 0 Å². The van der Waals surface area contributed by atoms with Gasteiger partial charge in [0.25, 0.3) is 0 Å². The van der Waals surface area contributed by atoms with E-state index in [0.29, 0.717) is 29.9 Å². The van der Waals surface area contributed by atoms with Gasteiger partial charge in [-0.3, -0.25) is 9.69 Å². The summed E-state index contributed by atoms with van der Waals surface area (Å²) in [6.07, 6.45) is 7.29. The number of benzene rings is 1. The number of hydrogen-bond acceptors (Lipinski definition) is 3. The molecule has 3 atom stereocenters. The molecule has 2 bridgehead atoms. The molecule has 4 aliphatic rings. The van der Waals surface area contributed by atoms with Crippen molar-refractivity contribution in [3.63, 3.8) is 0 Å². The van der Waals surface area contributed by atoms with Gasteiger partial charge >= 0.3 is 0 Å². The third kappa shape index (κ3) is 2.02. The Kier molecular flexibility index (Phi) is 2.94. The number of ketones is 1. The molecule has 122 valence electrons. The molecule has 0 amide bonds. The molecular weight excluding hydrogens is 286 g/mol. The zero-order valence-corrected chi connectivity index (χ0v) is 13.6. The molecule has 0 radical (unpaired) electrons. The second kappa shape index (κ2) is 4.83. The number of fused-ring (bicyclic) bond motifs is 1. The van der Waals surface area contributed by atoms with Gasteiger partial charge in [-0.1, -0.05) is 12.1 Å². The zero-order valence-electron chi connectivity index (χ0n) is 13.6. The first kappa shape index (κ1) is 14.0. The average molecular weight is 311 g/mol. The summed E-state index contributed by atoms with van der Waals surface area (Å²) in [5, 5.41) is 10.6. The van der Waals surface area contributed by atoms with E-state index in [1.54, 1.807) is 0 Å². The van der Waals surface area contributed by atoms with Crippen LogP contribution in [0.5, 0.6) is 5.75 Å². The summed E-state index contributed by atoms with van der Waals surface area (Å²) < 4.78 is 0. The van der Waals surface area contributed by atoms with E-state index in [9.17, 15) is 9.90 Å². The Balaban J connectivity index is 1.62. The molecular formula is C20H25NO2. The fraction of sp³-hybridized carbons (Fsp3) is 0.650. The first-order valence-corrected chi connectivity index (χ1v) is 9.24. The lowest BCUT2D eigenvalue weighted by molar-refractivity contribution is -0.127. The topological polar surface area (TPSA) is 40.5 Å². The quantitative estimate of drug-likeness (QED) is 0.912. The molecule has 23 heavy (non-hydrogen) atoms. The lowest BCUT2D eigenvalue weighted by Crippen LogP contribution is -2.62. The summed E-state index contributed by atoms with van der Waals surface area (Å²) in [5.41, 5.74) is 2.33. The Morgan fingerprint density at radius 3 is 2.96 bits per heavy atom. The van der Waals surface area contributed by atoms with Crippen molar-refractivity contribution in [2.24, 2.45) is 11.8 Å². The van der Waals surface area contributed by atoms with E-state index in [1.807, 2.05) is 12.1 Å². The van der Waals surface area contributed by atoms with Gasteiger partial charge in [0.05, 0.1) is 0 Å². The van der Waals surface area contributed by atoms with E-state index in [4.69, 9.17) is 0 Å². The minimum Gasteiger partial charge on any atom is -0.508 e. The van der Waals surface area contributed by atoms with Crippen LogP contribution in [0.25, 0.3) is 0 Å². The number of carbonyl (C=O) groups excluding carboxylic acids is 1. The van der Waals surface area contributed by atoms with Crippen LogP contribution in [-0.2, 0) is 16.6 Å². The summed E-state index contributed by atoms with van der Waals surface area (Å²) in [6.45, 7) is 2.35. The largest absolute Gasteiger partial charge is 0.508 e. The summed E-state index contributed by atoms with van der Waals surface area (Å²) in [4.78, 5) is 15.0. The standard InChI is InChI=1S/C20H25NO2/c22-15-6-7-16-17-10-14-2-1-3-18(23)19(14)20(16,11-15)8-9-21(17)12-13-4-5-13/h1-3,13,16-17,23H,4-12H2/t16-,17+,20+/m1/s1. The molecule has 0 spiro atoms. The van der Waals surface area contributed by atoms with Crippen LogP contribution in [0.15, 0.2) is 18.2 Å². The minimum absolute atomic E-state index is 0.0843. The number of hydrogen-bond donors (Lipinski definition) is 1. The van der Waals surface area contributed by atoms with Gasteiger partial charge in [0, 0.05) is 36.4 Å². The van der Waals surface area contributed by atoms with Crippen LogP contribution in [0.4, 0.5) is 0 Å². The summed E-state index contributed by atoms with van der Waals surface area (Å²) in [5.74, 6) is 2.29. The number of phenols is 1. The number of carbonyl (C=O) groups is 1. The van der Waals surface area contributed by atoms with Gasteiger partial charge in [0.15, 0.2) is 0 Å². The van der Waals surface area contributed by atoms with Crippen LogP contribution >= 0.6 is 0 Å². The van der Waals surface area contributed by atoms with Crippen LogP contribution in [0.2, 0.25) is 0 Å². The van der Waals surface area contributed by atoms with Gasteiger partial charge in [0.2, 0.25) is 0 Å². The maximum absolute atomic E-state index is 12.3. The molecule has 2 saturated carbocycles. The van der Waals surface area contributed by atoms with Crippen LogP contribution < -0.4 is 0 Å². The number of Topliss-reactive ketones (excluding diaryl/α,β-unsaturated/α-hetero) is 1.